The first kappa shape index (κ1) is 13.1. The van der Waals surface area contributed by atoms with Gasteiger partial charge in [-0.2, -0.15) is 0 Å². The summed E-state index contributed by atoms with van der Waals surface area (Å²) in [6.07, 6.45) is 1.20. The molecule has 1 aliphatic heterocycles. The summed E-state index contributed by atoms with van der Waals surface area (Å²) in [5.41, 5.74) is 0. The van der Waals surface area contributed by atoms with E-state index in [0.717, 1.165) is 19.0 Å². The second-order valence-corrected chi connectivity index (χ2v) is 6.42. The standard InChI is InChI=1S/C14H24N2S/c1-11(2)14-10-15-6-7-16(14)12(3)9-13-5-4-8-17-13/h4-5,8,11-12,14-15H,6-7,9-10H2,1-3H3. The van der Waals surface area contributed by atoms with Gasteiger partial charge in [0.2, 0.25) is 0 Å². The second-order valence-electron chi connectivity index (χ2n) is 5.39. The van der Waals surface area contributed by atoms with Crippen LogP contribution in [0.15, 0.2) is 17.5 Å². The summed E-state index contributed by atoms with van der Waals surface area (Å²) in [6.45, 7) is 10.5. The minimum absolute atomic E-state index is 0.656. The van der Waals surface area contributed by atoms with Gasteiger partial charge >= 0.3 is 0 Å². The molecule has 0 aliphatic carbocycles. The van der Waals surface area contributed by atoms with Crippen molar-refractivity contribution in [2.45, 2.75) is 39.3 Å². The van der Waals surface area contributed by atoms with Crippen LogP contribution in [0.1, 0.15) is 25.6 Å². The van der Waals surface area contributed by atoms with Crippen molar-refractivity contribution < 1.29 is 0 Å². The monoisotopic (exact) mass is 252 g/mol. The molecule has 0 bridgehead atoms. The van der Waals surface area contributed by atoms with Crippen LogP contribution in [0.2, 0.25) is 0 Å². The predicted molar refractivity (Wildman–Crippen MR) is 75.7 cm³/mol. The van der Waals surface area contributed by atoms with E-state index in [1.807, 2.05) is 11.3 Å². The fourth-order valence-electron chi connectivity index (χ4n) is 2.74. The maximum absolute atomic E-state index is 3.52. The summed E-state index contributed by atoms with van der Waals surface area (Å²) in [5.74, 6) is 0.730. The summed E-state index contributed by atoms with van der Waals surface area (Å²) < 4.78 is 0. The topological polar surface area (TPSA) is 15.3 Å². The highest BCUT2D eigenvalue weighted by Crippen LogP contribution is 2.20. The van der Waals surface area contributed by atoms with Crippen LogP contribution in [-0.2, 0) is 6.42 Å². The molecule has 1 saturated heterocycles. The summed E-state index contributed by atoms with van der Waals surface area (Å²) in [6, 6.07) is 5.76. The molecular weight excluding hydrogens is 228 g/mol. The molecule has 0 spiro atoms. The van der Waals surface area contributed by atoms with Gasteiger partial charge in [0.05, 0.1) is 0 Å². The first-order valence-corrected chi connectivity index (χ1v) is 7.55. The number of rotatable bonds is 4. The van der Waals surface area contributed by atoms with E-state index in [4.69, 9.17) is 0 Å². The van der Waals surface area contributed by atoms with Crippen LogP contribution in [0.4, 0.5) is 0 Å². The number of piperazine rings is 1. The van der Waals surface area contributed by atoms with E-state index in [2.05, 4.69) is 48.5 Å². The number of hydrogen-bond acceptors (Lipinski definition) is 3. The molecule has 2 heterocycles. The van der Waals surface area contributed by atoms with Crippen LogP contribution >= 0.6 is 11.3 Å². The van der Waals surface area contributed by atoms with E-state index >= 15 is 0 Å². The van der Waals surface area contributed by atoms with Gasteiger partial charge in [-0.1, -0.05) is 19.9 Å². The molecule has 2 nitrogen and oxygen atoms in total. The zero-order valence-electron chi connectivity index (χ0n) is 11.1. The van der Waals surface area contributed by atoms with Crippen molar-refractivity contribution in [3.8, 4) is 0 Å². The van der Waals surface area contributed by atoms with E-state index in [9.17, 15) is 0 Å². The quantitative estimate of drug-likeness (QED) is 0.886. The minimum atomic E-state index is 0.656. The number of nitrogens with one attached hydrogen (secondary N) is 1. The summed E-state index contributed by atoms with van der Waals surface area (Å²) >= 11 is 1.88. The Labute approximate surface area is 109 Å². The van der Waals surface area contributed by atoms with Crippen LogP contribution in [-0.4, -0.2) is 36.6 Å². The van der Waals surface area contributed by atoms with Crippen molar-refractivity contribution in [1.29, 1.82) is 0 Å². The molecule has 1 aromatic heterocycles. The lowest BCUT2D eigenvalue weighted by Crippen LogP contribution is -2.56. The van der Waals surface area contributed by atoms with Crippen molar-refractivity contribution in [3.05, 3.63) is 22.4 Å². The van der Waals surface area contributed by atoms with E-state index in [0.29, 0.717) is 12.1 Å². The molecule has 1 fully saturated rings. The van der Waals surface area contributed by atoms with Gasteiger partial charge in [0.25, 0.3) is 0 Å². The molecule has 0 radical (unpaired) electrons. The Balaban J connectivity index is 1.98. The van der Waals surface area contributed by atoms with Crippen molar-refractivity contribution in [2.75, 3.05) is 19.6 Å². The number of hydrogen-bond donors (Lipinski definition) is 1. The Bertz CT molecular complexity index is 321. The summed E-state index contributed by atoms with van der Waals surface area (Å²) in [4.78, 5) is 4.21. The van der Waals surface area contributed by atoms with Crippen LogP contribution in [0.25, 0.3) is 0 Å². The van der Waals surface area contributed by atoms with Gasteiger partial charge in [-0.15, -0.1) is 11.3 Å². The van der Waals surface area contributed by atoms with Gasteiger partial charge < -0.3 is 5.32 Å². The molecule has 96 valence electrons. The molecule has 0 amide bonds. The number of thiophene rings is 1. The molecular formula is C14H24N2S. The molecule has 3 heteroatoms. The first-order valence-electron chi connectivity index (χ1n) is 6.67. The maximum atomic E-state index is 3.52. The third kappa shape index (κ3) is 3.30. The van der Waals surface area contributed by atoms with E-state index < -0.39 is 0 Å². The molecule has 0 saturated carbocycles. The Hall–Kier alpha value is -0.380. The van der Waals surface area contributed by atoms with E-state index in [1.165, 1.54) is 17.8 Å². The fourth-order valence-corrected chi connectivity index (χ4v) is 3.57. The minimum Gasteiger partial charge on any atom is -0.314 e. The molecule has 17 heavy (non-hydrogen) atoms. The molecule has 1 aliphatic rings. The van der Waals surface area contributed by atoms with E-state index in [-0.39, 0.29) is 0 Å². The van der Waals surface area contributed by atoms with Crippen LogP contribution < -0.4 is 5.32 Å². The lowest BCUT2D eigenvalue weighted by atomic mass is 9.98. The molecule has 0 aromatic carbocycles. The average molecular weight is 252 g/mol. The SMILES string of the molecule is CC(C)C1CNCCN1C(C)Cc1cccs1. The zero-order chi connectivity index (χ0) is 12.3. The number of nitrogens with zero attached hydrogens (tertiary/aromatic N) is 1. The first-order chi connectivity index (χ1) is 8.18. The van der Waals surface area contributed by atoms with Crippen molar-refractivity contribution in [1.82, 2.24) is 10.2 Å². The molecule has 2 unspecified atom stereocenters. The van der Waals surface area contributed by atoms with Gasteiger partial charge in [0.1, 0.15) is 0 Å². The zero-order valence-corrected chi connectivity index (χ0v) is 12.0. The third-order valence-corrected chi connectivity index (χ3v) is 4.64. The normalized spacial score (nSPS) is 24.1. The van der Waals surface area contributed by atoms with Crippen molar-refractivity contribution >= 4 is 11.3 Å². The highest BCUT2D eigenvalue weighted by molar-refractivity contribution is 7.09. The van der Waals surface area contributed by atoms with Gasteiger partial charge in [-0.25, -0.2) is 0 Å². The van der Waals surface area contributed by atoms with Gasteiger partial charge in [0, 0.05) is 36.6 Å². The van der Waals surface area contributed by atoms with Crippen LogP contribution in [0.5, 0.6) is 0 Å². The molecule has 2 rings (SSSR count). The van der Waals surface area contributed by atoms with Crippen molar-refractivity contribution in [3.63, 3.8) is 0 Å². The van der Waals surface area contributed by atoms with Gasteiger partial charge in [-0.3, -0.25) is 4.90 Å². The third-order valence-electron chi connectivity index (χ3n) is 3.74. The average Bonchev–Trinajstić information content (AvgIpc) is 2.81. The Morgan fingerprint density at radius 2 is 2.29 bits per heavy atom. The molecule has 1 N–H and O–H groups in total. The largest absolute Gasteiger partial charge is 0.314 e. The Morgan fingerprint density at radius 1 is 1.47 bits per heavy atom. The summed E-state index contributed by atoms with van der Waals surface area (Å²) in [7, 11) is 0. The smallest absolute Gasteiger partial charge is 0.0247 e. The second kappa shape index (κ2) is 5.98. The van der Waals surface area contributed by atoms with E-state index in [1.54, 1.807) is 0 Å². The fraction of sp³-hybridized carbons (Fsp3) is 0.714. The molecule has 2 atom stereocenters. The lowest BCUT2D eigenvalue weighted by Gasteiger charge is -2.42. The van der Waals surface area contributed by atoms with Gasteiger partial charge in [0.15, 0.2) is 0 Å². The predicted octanol–water partition coefficient (Wildman–Crippen LogP) is 2.61. The maximum Gasteiger partial charge on any atom is 0.0247 e. The highest BCUT2D eigenvalue weighted by Gasteiger charge is 2.28. The lowest BCUT2D eigenvalue weighted by molar-refractivity contribution is 0.0848. The van der Waals surface area contributed by atoms with Crippen molar-refractivity contribution in [2.24, 2.45) is 5.92 Å². The highest BCUT2D eigenvalue weighted by atomic mass is 32.1. The van der Waals surface area contributed by atoms with Crippen LogP contribution in [0.3, 0.4) is 0 Å². The van der Waals surface area contributed by atoms with Gasteiger partial charge in [-0.05, 0) is 30.7 Å². The van der Waals surface area contributed by atoms with Crippen LogP contribution in [0, 0.1) is 5.92 Å². The summed E-state index contributed by atoms with van der Waals surface area (Å²) in [5, 5.41) is 5.70. The Kier molecular flexibility index (Phi) is 4.60. The molecule has 1 aromatic rings. The Morgan fingerprint density at radius 3 is 2.94 bits per heavy atom.